The van der Waals surface area contributed by atoms with E-state index in [1.54, 1.807) is 24.3 Å². The molecule has 15 heteroatoms. The van der Waals surface area contributed by atoms with E-state index in [1.165, 1.54) is 16.7 Å². The highest BCUT2D eigenvalue weighted by Crippen LogP contribution is 2.19. The van der Waals surface area contributed by atoms with Crippen LogP contribution in [0, 0.1) is 10.7 Å². The van der Waals surface area contributed by atoms with Gasteiger partial charge in [0.1, 0.15) is 5.40 Å². The van der Waals surface area contributed by atoms with E-state index in [-0.39, 0.29) is 19.5 Å². The van der Waals surface area contributed by atoms with Gasteiger partial charge in [0, 0.05) is 30.1 Å². The van der Waals surface area contributed by atoms with Gasteiger partial charge < -0.3 is 25.5 Å². The Morgan fingerprint density at radius 2 is 1.21 bits per heavy atom. The van der Waals surface area contributed by atoms with Crippen LogP contribution in [0.25, 0.3) is 0 Å². The number of nitriles is 1. The molecular weight excluding hydrogens is 524 g/mol. The zero-order valence-corrected chi connectivity index (χ0v) is 21.4. The Kier molecular flexibility index (Phi) is 13.8. The molecule has 5 N–H and O–H groups in total. The predicted molar refractivity (Wildman–Crippen MR) is 133 cm³/mol. The fraction of sp³-hybridized carbons (Fsp3) is 0.478. The summed E-state index contributed by atoms with van der Waals surface area (Å²) in [6, 6.07) is 5.21. The van der Waals surface area contributed by atoms with Crippen molar-refractivity contribution in [3.8, 4) is 5.40 Å². The average Bonchev–Trinajstić information content (AvgIpc) is 2.77. The lowest BCUT2D eigenvalue weighted by Crippen LogP contribution is -2.53. The van der Waals surface area contributed by atoms with E-state index in [0.29, 0.717) is 10.5 Å². The van der Waals surface area contributed by atoms with E-state index < -0.39 is 74.7 Å². The maximum Gasteiger partial charge on any atom is 0.317 e. The van der Waals surface area contributed by atoms with Crippen molar-refractivity contribution in [2.45, 2.75) is 30.3 Å². The zero-order chi connectivity index (χ0) is 28.8. The third-order valence-electron chi connectivity index (χ3n) is 5.40. The maximum absolute atomic E-state index is 11.6. The topological polar surface area (TPSA) is 220 Å². The molecule has 14 nitrogen and oxygen atoms in total. The van der Waals surface area contributed by atoms with E-state index in [4.69, 9.17) is 15.5 Å². The van der Waals surface area contributed by atoms with Crippen molar-refractivity contribution in [1.29, 1.82) is 5.26 Å². The highest BCUT2D eigenvalue weighted by molar-refractivity contribution is 8.03. The highest BCUT2D eigenvalue weighted by atomic mass is 32.2. The second-order valence-electron chi connectivity index (χ2n) is 8.52. The van der Waals surface area contributed by atoms with Crippen LogP contribution in [0.5, 0.6) is 0 Å². The molecule has 208 valence electrons. The Morgan fingerprint density at radius 3 is 1.63 bits per heavy atom. The molecule has 1 unspecified atom stereocenters. The first-order valence-electron chi connectivity index (χ1n) is 11.2. The molecule has 0 aliphatic rings. The van der Waals surface area contributed by atoms with Crippen molar-refractivity contribution in [3.63, 3.8) is 0 Å². The molecule has 1 rings (SSSR count). The number of thioether (sulfide) groups is 1. The van der Waals surface area contributed by atoms with E-state index in [2.05, 4.69) is 0 Å². The van der Waals surface area contributed by atoms with Gasteiger partial charge in [0.2, 0.25) is 0 Å². The van der Waals surface area contributed by atoms with E-state index in [9.17, 15) is 39.3 Å². The van der Waals surface area contributed by atoms with Gasteiger partial charge in [-0.05, 0) is 42.8 Å². The monoisotopic (exact) mass is 554 g/mol. The number of carbonyl (C=O) groups is 5. The number of nitrogens with zero attached hydrogens (tertiary/aromatic N) is 4. The largest absolute Gasteiger partial charge is 0.480 e. The lowest BCUT2D eigenvalue weighted by atomic mass is 10.0. The van der Waals surface area contributed by atoms with Gasteiger partial charge >= 0.3 is 29.8 Å². The average molecular weight is 555 g/mol. The number of aliphatic carboxylic acids is 5. The molecule has 0 aliphatic carbocycles. The van der Waals surface area contributed by atoms with Gasteiger partial charge in [-0.2, -0.15) is 5.26 Å². The van der Waals surface area contributed by atoms with E-state index in [1.807, 2.05) is 5.40 Å². The first-order valence-corrected chi connectivity index (χ1v) is 12.1. The highest BCUT2D eigenvalue weighted by Gasteiger charge is 2.29. The molecule has 0 fully saturated rings. The summed E-state index contributed by atoms with van der Waals surface area (Å²) in [6.45, 7) is -1.69. The van der Waals surface area contributed by atoms with Gasteiger partial charge in [-0.1, -0.05) is 12.1 Å². The molecule has 1 aromatic carbocycles. The first kappa shape index (κ1) is 32.3. The fourth-order valence-electron chi connectivity index (χ4n) is 3.89. The summed E-state index contributed by atoms with van der Waals surface area (Å²) in [5.41, 5.74) is 0.680. The summed E-state index contributed by atoms with van der Waals surface area (Å²) >= 11 is 0.939. The molecule has 0 spiro atoms. The van der Waals surface area contributed by atoms with Crippen molar-refractivity contribution in [1.82, 2.24) is 14.7 Å². The van der Waals surface area contributed by atoms with Gasteiger partial charge in [0.25, 0.3) is 0 Å². The molecule has 0 radical (unpaired) electrons. The van der Waals surface area contributed by atoms with Gasteiger partial charge in [-0.3, -0.25) is 38.7 Å². The Labute approximate surface area is 222 Å². The summed E-state index contributed by atoms with van der Waals surface area (Å²) in [5, 5.41) is 57.3. The number of hydrogen-bond donors (Lipinski definition) is 5. The molecule has 0 saturated heterocycles. The van der Waals surface area contributed by atoms with Gasteiger partial charge in [-0.15, -0.1) is 0 Å². The van der Waals surface area contributed by atoms with Crippen LogP contribution in [0.1, 0.15) is 12.5 Å². The molecule has 2 atom stereocenters. The molecule has 0 bridgehead atoms. The number of benzene rings is 1. The fourth-order valence-corrected chi connectivity index (χ4v) is 4.26. The van der Waals surface area contributed by atoms with Crippen LogP contribution in [0.3, 0.4) is 0 Å². The molecule has 0 heterocycles. The Balaban J connectivity index is 3.31. The van der Waals surface area contributed by atoms with Crippen LogP contribution in [-0.4, -0.2) is 128 Å². The predicted octanol–water partition coefficient (Wildman–Crippen LogP) is -0.112. The molecular formula is C23H30N4O10S. The SMILES string of the molecule is CC(CN(CC(=O)O)C[C@@H](Cc1ccc(SC#N)cc1)N(CC(=O)O)CC(=O)O)N(CC(=O)O)CC(=O)O. The smallest absolute Gasteiger partial charge is 0.317 e. The Hall–Kier alpha value is -3.71. The second-order valence-corrected chi connectivity index (χ2v) is 9.38. The summed E-state index contributed by atoms with van der Waals surface area (Å²) in [7, 11) is 0. The number of carboxylic acids is 5. The minimum atomic E-state index is -1.29. The molecule has 0 aromatic heterocycles. The molecule has 0 amide bonds. The molecule has 0 saturated carbocycles. The quantitative estimate of drug-likeness (QED) is 0.111. The van der Waals surface area contributed by atoms with Crippen LogP contribution in [0.2, 0.25) is 0 Å². The lowest BCUT2D eigenvalue weighted by Gasteiger charge is -2.36. The lowest BCUT2D eigenvalue weighted by molar-refractivity contribution is -0.144. The first-order chi connectivity index (χ1) is 17.8. The van der Waals surface area contributed by atoms with Crippen LogP contribution in [0.15, 0.2) is 29.2 Å². The Morgan fingerprint density at radius 1 is 0.763 bits per heavy atom. The van der Waals surface area contributed by atoms with Gasteiger partial charge in [0.15, 0.2) is 0 Å². The number of thiocyanates is 1. The number of hydrogen-bond acceptors (Lipinski definition) is 10. The van der Waals surface area contributed by atoms with Crippen molar-refractivity contribution >= 4 is 41.6 Å². The van der Waals surface area contributed by atoms with Crippen LogP contribution >= 0.6 is 11.8 Å². The van der Waals surface area contributed by atoms with E-state index in [0.717, 1.165) is 16.7 Å². The van der Waals surface area contributed by atoms with Crippen LogP contribution < -0.4 is 0 Å². The van der Waals surface area contributed by atoms with Crippen molar-refractivity contribution in [3.05, 3.63) is 29.8 Å². The molecule has 38 heavy (non-hydrogen) atoms. The normalized spacial score (nSPS) is 12.7. The minimum absolute atomic E-state index is 0.0882. The van der Waals surface area contributed by atoms with Crippen molar-refractivity contribution < 1.29 is 49.5 Å². The number of carboxylic acid groups (broad SMARTS) is 5. The summed E-state index contributed by atoms with van der Waals surface area (Å²) in [5.74, 6) is -6.35. The maximum atomic E-state index is 11.6. The van der Waals surface area contributed by atoms with Gasteiger partial charge in [0.05, 0.1) is 32.7 Å². The van der Waals surface area contributed by atoms with Gasteiger partial charge in [-0.25, -0.2) is 0 Å². The van der Waals surface area contributed by atoms with Crippen LogP contribution in [0.4, 0.5) is 0 Å². The second kappa shape index (κ2) is 16.2. The number of rotatable bonds is 19. The molecule has 0 aliphatic heterocycles. The van der Waals surface area contributed by atoms with Crippen molar-refractivity contribution in [2.24, 2.45) is 0 Å². The van der Waals surface area contributed by atoms with Crippen LogP contribution in [-0.2, 0) is 30.4 Å². The molecule has 1 aromatic rings. The Bertz CT molecular complexity index is 998. The van der Waals surface area contributed by atoms with E-state index >= 15 is 0 Å². The van der Waals surface area contributed by atoms with Crippen molar-refractivity contribution in [2.75, 3.05) is 45.8 Å². The third kappa shape index (κ3) is 13.0. The summed E-state index contributed by atoms with van der Waals surface area (Å²) < 4.78 is 0. The standard InChI is InChI=1S/C23H30N4O10S/c1-15(26(10-20(30)31)11-21(32)33)7-25(9-19(28)29)8-17(27(12-22(34)35)13-23(36)37)6-16-2-4-18(5-3-16)38-14-24/h2-5,15,17H,6-13H2,1H3,(H,28,29)(H,30,31)(H,32,33)(H,34,35)(H,36,37)/t15?,17-/m1/s1. The minimum Gasteiger partial charge on any atom is -0.480 e. The third-order valence-corrected chi connectivity index (χ3v) is 6.00. The zero-order valence-electron chi connectivity index (χ0n) is 20.6. The summed E-state index contributed by atoms with van der Waals surface area (Å²) in [4.78, 5) is 61.5. The summed E-state index contributed by atoms with van der Waals surface area (Å²) in [6.07, 6.45) is 0.135.